The van der Waals surface area contributed by atoms with Crippen LogP contribution < -0.4 is 15.4 Å². The minimum Gasteiger partial charge on any atom is -0.494 e. The van der Waals surface area contributed by atoms with Gasteiger partial charge in [-0.05, 0) is 60.6 Å². The normalized spacial score (nSPS) is 10.7. The van der Waals surface area contributed by atoms with Crippen molar-refractivity contribution < 1.29 is 9.53 Å². The Hall–Kier alpha value is -3.29. The van der Waals surface area contributed by atoms with Crippen LogP contribution >= 0.6 is 23.6 Å². The number of thiazole rings is 1. The van der Waals surface area contributed by atoms with E-state index >= 15 is 0 Å². The fourth-order valence-corrected chi connectivity index (χ4v) is 4.34. The maximum Gasteiger partial charge on any atom is 0.257 e. The lowest BCUT2D eigenvalue weighted by Crippen LogP contribution is -2.38. The zero-order valence-corrected chi connectivity index (χ0v) is 20.0. The number of amides is 1. The molecular formula is C26H25N3O2S2. The van der Waals surface area contributed by atoms with Gasteiger partial charge in [0, 0.05) is 17.7 Å². The molecule has 0 bridgehead atoms. The molecule has 7 heteroatoms. The number of thiocarbonyl (C=S) groups is 1. The first-order valence-electron chi connectivity index (χ1n) is 10.9. The first-order chi connectivity index (χ1) is 16.1. The zero-order valence-electron chi connectivity index (χ0n) is 18.3. The molecule has 0 unspecified atom stereocenters. The van der Waals surface area contributed by atoms with Crippen LogP contribution in [0.1, 0.15) is 35.7 Å². The van der Waals surface area contributed by atoms with Crippen molar-refractivity contribution >= 4 is 44.8 Å². The number of hydrogen-bond acceptors (Lipinski definition) is 5. The molecular weight excluding hydrogens is 450 g/mol. The van der Waals surface area contributed by atoms with Gasteiger partial charge < -0.3 is 10.1 Å². The Morgan fingerprint density at radius 3 is 2.52 bits per heavy atom. The maximum atomic E-state index is 12.4. The van der Waals surface area contributed by atoms with Crippen molar-refractivity contribution in [3.63, 3.8) is 0 Å². The summed E-state index contributed by atoms with van der Waals surface area (Å²) < 4.78 is 6.81. The van der Waals surface area contributed by atoms with E-state index in [2.05, 4.69) is 35.8 Å². The zero-order chi connectivity index (χ0) is 23.0. The molecule has 33 heavy (non-hydrogen) atoms. The first kappa shape index (κ1) is 22.9. The summed E-state index contributed by atoms with van der Waals surface area (Å²) in [5.74, 6) is 0.508. The van der Waals surface area contributed by atoms with Crippen LogP contribution in [0.15, 0.2) is 72.8 Å². The molecule has 1 aromatic heterocycles. The van der Waals surface area contributed by atoms with E-state index < -0.39 is 0 Å². The number of hydrogen-bond donors (Lipinski definition) is 2. The van der Waals surface area contributed by atoms with Gasteiger partial charge >= 0.3 is 0 Å². The monoisotopic (exact) mass is 475 g/mol. The molecule has 4 aromatic rings. The minimum absolute atomic E-state index is 0.251. The van der Waals surface area contributed by atoms with E-state index in [0.29, 0.717) is 23.8 Å². The molecule has 3 aromatic carbocycles. The number of unbranched alkanes of at least 4 members (excludes halogenated alkanes) is 1. The minimum atomic E-state index is -0.251. The summed E-state index contributed by atoms with van der Waals surface area (Å²) in [4.78, 5) is 17.1. The van der Waals surface area contributed by atoms with E-state index in [4.69, 9.17) is 21.9 Å². The summed E-state index contributed by atoms with van der Waals surface area (Å²) in [5.41, 5.74) is 3.69. The highest BCUT2D eigenvalue weighted by Gasteiger charge is 2.09. The van der Waals surface area contributed by atoms with Crippen LogP contribution in [-0.4, -0.2) is 22.6 Å². The molecule has 0 saturated heterocycles. The second kappa shape index (κ2) is 11.0. The van der Waals surface area contributed by atoms with Gasteiger partial charge in [0.25, 0.3) is 5.91 Å². The highest BCUT2D eigenvalue weighted by atomic mass is 32.1. The third kappa shape index (κ3) is 6.15. The highest BCUT2D eigenvalue weighted by molar-refractivity contribution is 7.80. The number of nitrogens with zero attached hydrogens (tertiary/aromatic N) is 1. The van der Waals surface area contributed by atoms with Gasteiger partial charge in [0.05, 0.1) is 16.8 Å². The molecule has 0 aliphatic heterocycles. The molecule has 0 aliphatic carbocycles. The number of carbonyl (C=O) groups excluding carboxylic acids is 1. The van der Waals surface area contributed by atoms with Crippen LogP contribution in [0.25, 0.3) is 20.8 Å². The Morgan fingerprint density at radius 1 is 1.03 bits per heavy atom. The topological polar surface area (TPSA) is 63.2 Å². The number of para-hydroxylation sites is 1. The molecule has 5 nitrogen and oxygen atoms in total. The lowest BCUT2D eigenvalue weighted by atomic mass is 10.1. The van der Waals surface area contributed by atoms with Gasteiger partial charge in [0.2, 0.25) is 0 Å². The number of fused-ring (bicyclic) bond motifs is 1. The van der Waals surface area contributed by atoms with E-state index in [1.54, 1.807) is 35.6 Å². The van der Waals surface area contributed by atoms with E-state index in [1.807, 2.05) is 30.3 Å². The van der Waals surface area contributed by atoms with Gasteiger partial charge in [-0.25, -0.2) is 4.98 Å². The fourth-order valence-electron chi connectivity index (χ4n) is 3.20. The van der Waals surface area contributed by atoms with Gasteiger partial charge in [-0.3, -0.25) is 10.1 Å². The number of rotatable bonds is 8. The summed E-state index contributed by atoms with van der Waals surface area (Å²) in [6.45, 7) is 3.31. The summed E-state index contributed by atoms with van der Waals surface area (Å²) in [5, 5.41) is 7.10. The number of ether oxygens (including phenoxy) is 1. The second-order valence-electron chi connectivity index (χ2n) is 7.55. The summed E-state index contributed by atoms with van der Waals surface area (Å²) in [6.07, 6.45) is 2.09. The highest BCUT2D eigenvalue weighted by Crippen LogP contribution is 2.30. The molecule has 0 saturated carbocycles. The van der Waals surface area contributed by atoms with Crippen molar-refractivity contribution in [3.05, 3.63) is 83.9 Å². The Labute approximate surface area is 202 Å². The summed E-state index contributed by atoms with van der Waals surface area (Å²) in [6, 6.07) is 23.4. The van der Waals surface area contributed by atoms with Crippen molar-refractivity contribution in [1.29, 1.82) is 0 Å². The number of nitrogens with one attached hydrogen (secondary N) is 2. The van der Waals surface area contributed by atoms with Crippen LogP contribution in [0.4, 0.5) is 0 Å². The maximum absolute atomic E-state index is 12.4. The largest absolute Gasteiger partial charge is 0.494 e. The fraction of sp³-hybridized carbons (Fsp3) is 0.192. The third-order valence-electron chi connectivity index (χ3n) is 5.06. The number of aromatic nitrogens is 1. The Balaban J connectivity index is 1.27. The second-order valence-corrected chi connectivity index (χ2v) is 8.99. The number of benzene rings is 3. The summed E-state index contributed by atoms with van der Waals surface area (Å²) in [7, 11) is 0. The molecule has 168 valence electrons. The van der Waals surface area contributed by atoms with E-state index in [0.717, 1.165) is 40.2 Å². The quantitative estimate of drug-likeness (QED) is 0.244. The van der Waals surface area contributed by atoms with Crippen LogP contribution in [0.3, 0.4) is 0 Å². The molecule has 4 rings (SSSR count). The molecule has 0 radical (unpaired) electrons. The molecule has 1 heterocycles. The molecule has 2 N–H and O–H groups in total. The van der Waals surface area contributed by atoms with Crippen molar-refractivity contribution in [1.82, 2.24) is 15.6 Å². The van der Waals surface area contributed by atoms with Crippen LogP contribution in [0.5, 0.6) is 5.75 Å². The smallest absolute Gasteiger partial charge is 0.257 e. The molecule has 0 atom stereocenters. The van der Waals surface area contributed by atoms with Gasteiger partial charge in [-0.1, -0.05) is 49.7 Å². The van der Waals surface area contributed by atoms with Crippen LogP contribution in [0.2, 0.25) is 0 Å². The number of carbonyl (C=O) groups is 1. The average Bonchev–Trinajstić information content (AvgIpc) is 3.28. The van der Waals surface area contributed by atoms with Crippen LogP contribution in [0, 0.1) is 0 Å². The van der Waals surface area contributed by atoms with Gasteiger partial charge in [0.1, 0.15) is 10.8 Å². The third-order valence-corrected chi connectivity index (χ3v) is 6.39. The Morgan fingerprint density at radius 2 is 1.79 bits per heavy atom. The standard InChI is InChI=1S/C26H25N3O2S2/c1-2-3-16-31-21-14-12-19(13-15-21)24(30)29-26(32)27-17-18-8-10-20(11-9-18)25-28-22-6-4-5-7-23(22)33-25/h4-15H,2-3,16-17H2,1H3,(H2,27,29,30,32). The van der Waals surface area contributed by atoms with Crippen molar-refractivity contribution in [2.75, 3.05) is 6.61 Å². The SMILES string of the molecule is CCCCOc1ccc(C(=O)NC(=S)NCc2ccc(-c3nc4ccccc4s3)cc2)cc1. The van der Waals surface area contributed by atoms with Crippen molar-refractivity contribution in [3.8, 4) is 16.3 Å². The predicted octanol–water partition coefficient (Wildman–Crippen LogP) is 5.95. The molecule has 0 aliphatic rings. The van der Waals surface area contributed by atoms with E-state index in [1.165, 1.54) is 4.70 Å². The summed E-state index contributed by atoms with van der Waals surface area (Å²) >= 11 is 6.97. The van der Waals surface area contributed by atoms with Gasteiger partial charge in [-0.2, -0.15) is 0 Å². The molecule has 0 fully saturated rings. The van der Waals surface area contributed by atoms with Gasteiger partial charge in [-0.15, -0.1) is 11.3 Å². The van der Waals surface area contributed by atoms with E-state index in [-0.39, 0.29) is 5.91 Å². The van der Waals surface area contributed by atoms with E-state index in [9.17, 15) is 4.79 Å². The average molecular weight is 476 g/mol. The van der Waals surface area contributed by atoms with Crippen molar-refractivity contribution in [2.24, 2.45) is 0 Å². The predicted molar refractivity (Wildman–Crippen MR) is 139 cm³/mol. The van der Waals surface area contributed by atoms with Crippen molar-refractivity contribution in [2.45, 2.75) is 26.3 Å². The lowest BCUT2D eigenvalue weighted by molar-refractivity contribution is 0.0976. The van der Waals surface area contributed by atoms with Crippen LogP contribution in [-0.2, 0) is 6.54 Å². The Kier molecular flexibility index (Phi) is 7.65. The first-order valence-corrected chi connectivity index (χ1v) is 12.1. The lowest BCUT2D eigenvalue weighted by Gasteiger charge is -2.10. The van der Waals surface area contributed by atoms with Gasteiger partial charge in [0.15, 0.2) is 5.11 Å². The molecule has 0 spiro atoms. The molecule has 1 amide bonds. The Bertz CT molecular complexity index is 1200.